The fourth-order valence-electron chi connectivity index (χ4n) is 3.77. The van der Waals surface area contributed by atoms with Gasteiger partial charge in [0.25, 0.3) is 0 Å². The molecule has 182 valence electrons. The number of alkyl halides is 3. The number of likely N-dealkylation sites (N-methyl/N-ethyl adjacent to an activating group) is 1. The van der Waals surface area contributed by atoms with Crippen molar-refractivity contribution < 1.29 is 30.7 Å². The lowest BCUT2D eigenvalue weighted by atomic mass is 10.1. The highest BCUT2D eigenvalue weighted by Gasteiger charge is 2.33. The Balaban J connectivity index is 0.000000555. The Morgan fingerprint density at radius 2 is 1.55 bits per heavy atom. The Morgan fingerprint density at radius 3 is 2.18 bits per heavy atom. The Morgan fingerprint density at radius 1 is 0.939 bits per heavy atom. The van der Waals surface area contributed by atoms with Crippen LogP contribution in [0.4, 0.5) is 24.5 Å². The first-order valence-electron chi connectivity index (χ1n) is 10.3. The molecule has 2 aromatic carbocycles. The van der Waals surface area contributed by atoms with E-state index in [1.54, 1.807) is 17.8 Å². The largest absolute Gasteiger partial charge is 0.416 e. The van der Waals surface area contributed by atoms with Crippen molar-refractivity contribution in [2.24, 2.45) is 0 Å². The molecule has 1 saturated heterocycles. The van der Waals surface area contributed by atoms with Gasteiger partial charge in [0.2, 0.25) is 0 Å². The molecule has 2 aromatic rings. The number of anilines is 2. The summed E-state index contributed by atoms with van der Waals surface area (Å²) in [4.78, 5) is 8.80. The second-order valence-corrected chi connectivity index (χ2v) is 9.83. The SMILES string of the molecule is CN1CCN(CCCN2c3ccccc3Sc3ccc(C(F)(F)F)cc32)CC1.O=S(=O)(O)O. The molecule has 0 aromatic heterocycles. The van der Waals surface area contributed by atoms with Crippen LogP contribution in [-0.2, 0) is 16.6 Å². The number of para-hydroxylation sites is 1. The zero-order chi connectivity index (χ0) is 24.2. The predicted molar refractivity (Wildman–Crippen MR) is 122 cm³/mol. The van der Waals surface area contributed by atoms with E-state index in [4.69, 9.17) is 17.5 Å². The Bertz CT molecular complexity index is 1050. The van der Waals surface area contributed by atoms with Gasteiger partial charge in [-0.2, -0.15) is 21.6 Å². The van der Waals surface area contributed by atoms with Crippen molar-refractivity contribution in [2.75, 3.05) is 51.2 Å². The summed E-state index contributed by atoms with van der Waals surface area (Å²) < 4.78 is 71.4. The van der Waals surface area contributed by atoms with E-state index in [1.807, 2.05) is 24.3 Å². The monoisotopic (exact) mass is 505 g/mol. The summed E-state index contributed by atoms with van der Waals surface area (Å²) in [5.74, 6) is 0. The van der Waals surface area contributed by atoms with Crippen LogP contribution in [-0.4, -0.2) is 73.6 Å². The molecule has 2 aliphatic rings. The van der Waals surface area contributed by atoms with E-state index in [9.17, 15) is 13.2 Å². The van der Waals surface area contributed by atoms with E-state index in [-0.39, 0.29) is 0 Å². The standard InChI is InChI=1S/C21H24F3N3S.H2O4S/c1-25-11-13-26(14-12-25)9-4-10-27-17-5-2-3-6-19(17)28-20-8-7-16(15-18(20)27)21(22,23)24;1-5(2,3)4/h2-3,5-8,15H,4,9-14H2,1H3;(H2,1,2,3,4). The van der Waals surface area contributed by atoms with Crippen LogP contribution in [0.3, 0.4) is 0 Å². The lowest BCUT2D eigenvalue weighted by Gasteiger charge is -2.35. The topological polar surface area (TPSA) is 84.3 Å². The summed E-state index contributed by atoms with van der Waals surface area (Å²) >= 11 is 1.54. The molecule has 0 saturated carbocycles. The summed E-state index contributed by atoms with van der Waals surface area (Å²) in [7, 11) is -2.53. The molecule has 0 bridgehead atoms. The molecule has 0 aliphatic carbocycles. The summed E-state index contributed by atoms with van der Waals surface area (Å²) in [6, 6.07) is 12.0. The molecule has 0 unspecified atom stereocenters. The molecule has 2 heterocycles. The highest BCUT2D eigenvalue weighted by atomic mass is 32.3. The third kappa shape index (κ3) is 7.59. The van der Waals surface area contributed by atoms with Gasteiger partial charge in [-0.25, -0.2) is 0 Å². The summed E-state index contributed by atoms with van der Waals surface area (Å²) in [6.07, 6.45) is -3.42. The van der Waals surface area contributed by atoms with Crippen molar-refractivity contribution in [1.29, 1.82) is 0 Å². The van der Waals surface area contributed by atoms with E-state index in [0.717, 1.165) is 54.6 Å². The Hall–Kier alpha value is -1.83. The van der Waals surface area contributed by atoms with Crippen LogP contribution in [0.5, 0.6) is 0 Å². The van der Waals surface area contributed by atoms with Crippen LogP contribution in [0.25, 0.3) is 0 Å². The van der Waals surface area contributed by atoms with Gasteiger partial charge in [-0.05, 0) is 50.3 Å². The molecule has 2 aliphatic heterocycles. The van der Waals surface area contributed by atoms with Crippen LogP contribution in [0, 0.1) is 0 Å². The van der Waals surface area contributed by atoms with Crippen molar-refractivity contribution in [1.82, 2.24) is 9.80 Å². The number of rotatable bonds is 4. The van der Waals surface area contributed by atoms with E-state index in [0.29, 0.717) is 12.2 Å². The third-order valence-corrected chi connectivity index (χ3v) is 6.54. The van der Waals surface area contributed by atoms with Crippen LogP contribution >= 0.6 is 11.8 Å². The van der Waals surface area contributed by atoms with Gasteiger partial charge in [-0.1, -0.05) is 23.9 Å². The maximum absolute atomic E-state index is 13.3. The minimum absolute atomic E-state index is 0.588. The average molecular weight is 506 g/mol. The molecule has 1 fully saturated rings. The predicted octanol–water partition coefficient (Wildman–Crippen LogP) is 4.29. The number of fused-ring (bicyclic) bond motifs is 2. The quantitative estimate of drug-likeness (QED) is 0.596. The van der Waals surface area contributed by atoms with Crippen molar-refractivity contribution >= 4 is 33.5 Å². The molecular weight excluding hydrogens is 479 g/mol. The van der Waals surface area contributed by atoms with Crippen molar-refractivity contribution in [3.63, 3.8) is 0 Å². The Kier molecular flexibility index (Phi) is 8.30. The van der Waals surface area contributed by atoms with Crippen LogP contribution < -0.4 is 4.90 Å². The number of hydrogen-bond donors (Lipinski definition) is 2. The summed E-state index contributed by atoms with van der Waals surface area (Å²) in [6.45, 7) is 5.92. The van der Waals surface area contributed by atoms with E-state index in [2.05, 4.69) is 21.7 Å². The summed E-state index contributed by atoms with van der Waals surface area (Å²) in [5.41, 5.74) is 1.07. The lowest BCUT2D eigenvalue weighted by molar-refractivity contribution is -0.137. The van der Waals surface area contributed by atoms with Gasteiger partial charge in [-0.15, -0.1) is 0 Å². The first kappa shape index (κ1) is 25.8. The fourth-order valence-corrected chi connectivity index (χ4v) is 4.85. The van der Waals surface area contributed by atoms with E-state index >= 15 is 0 Å². The molecule has 2 N–H and O–H groups in total. The van der Waals surface area contributed by atoms with Gasteiger partial charge >= 0.3 is 16.6 Å². The normalized spacial score (nSPS) is 17.1. The zero-order valence-corrected chi connectivity index (χ0v) is 19.6. The zero-order valence-electron chi connectivity index (χ0n) is 18.0. The molecule has 7 nitrogen and oxygen atoms in total. The van der Waals surface area contributed by atoms with Crippen molar-refractivity contribution in [3.8, 4) is 0 Å². The summed E-state index contributed by atoms with van der Waals surface area (Å²) in [5, 5.41) is 0. The lowest BCUT2D eigenvalue weighted by Crippen LogP contribution is -2.45. The number of benzene rings is 2. The van der Waals surface area contributed by atoms with Crippen LogP contribution in [0.15, 0.2) is 52.3 Å². The first-order valence-corrected chi connectivity index (χ1v) is 12.5. The number of nitrogens with zero attached hydrogens (tertiary/aromatic N) is 3. The molecule has 4 rings (SSSR count). The average Bonchev–Trinajstić information content (AvgIpc) is 2.72. The number of hydrogen-bond acceptors (Lipinski definition) is 6. The van der Waals surface area contributed by atoms with Crippen molar-refractivity contribution in [2.45, 2.75) is 22.4 Å². The van der Waals surface area contributed by atoms with Gasteiger partial charge in [0.05, 0.1) is 16.9 Å². The molecule has 0 amide bonds. The fraction of sp³-hybridized carbons (Fsp3) is 0.429. The van der Waals surface area contributed by atoms with Crippen molar-refractivity contribution in [3.05, 3.63) is 48.0 Å². The van der Waals surface area contributed by atoms with Gasteiger partial charge in [-0.3, -0.25) is 9.11 Å². The van der Waals surface area contributed by atoms with Gasteiger partial charge in [0.15, 0.2) is 0 Å². The second-order valence-electron chi connectivity index (χ2n) is 7.85. The molecule has 0 radical (unpaired) electrons. The molecule has 0 spiro atoms. The molecular formula is C21H26F3N3O4S2. The van der Waals surface area contributed by atoms with E-state index < -0.39 is 22.1 Å². The molecule has 12 heteroatoms. The third-order valence-electron chi connectivity index (χ3n) is 5.40. The minimum atomic E-state index is -4.67. The van der Waals surface area contributed by atoms with Crippen LogP contribution in [0.1, 0.15) is 12.0 Å². The molecule has 0 atom stereocenters. The van der Waals surface area contributed by atoms with Gasteiger partial charge in [0, 0.05) is 42.5 Å². The van der Waals surface area contributed by atoms with E-state index in [1.165, 1.54) is 12.1 Å². The minimum Gasteiger partial charge on any atom is -0.340 e. The van der Waals surface area contributed by atoms with Crippen LogP contribution in [0.2, 0.25) is 0 Å². The van der Waals surface area contributed by atoms with Gasteiger partial charge < -0.3 is 14.7 Å². The molecule has 33 heavy (non-hydrogen) atoms. The Labute approximate surface area is 195 Å². The number of piperazine rings is 1. The highest BCUT2D eigenvalue weighted by molar-refractivity contribution is 7.99. The first-order chi connectivity index (χ1) is 15.4. The van der Waals surface area contributed by atoms with Gasteiger partial charge in [0.1, 0.15) is 0 Å². The second kappa shape index (κ2) is 10.6. The highest BCUT2D eigenvalue weighted by Crippen LogP contribution is 2.49. The smallest absolute Gasteiger partial charge is 0.340 e. The maximum Gasteiger partial charge on any atom is 0.416 e. The number of halogens is 3. The maximum atomic E-state index is 13.3.